The van der Waals surface area contributed by atoms with Crippen molar-refractivity contribution in [2.75, 3.05) is 20.1 Å². The monoisotopic (exact) mass is 235 g/mol. The molecule has 0 amide bonds. The highest BCUT2D eigenvalue weighted by atomic mass is 16.5. The van der Waals surface area contributed by atoms with E-state index in [1.165, 1.54) is 0 Å². The first-order valence-corrected chi connectivity index (χ1v) is 6.23. The van der Waals surface area contributed by atoms with Crippen molar-refractivity contribution in [3.8, 4) is 0 Å². The van der Waals surface area contributed by atoms with Gasteiger partial charge in [0.15, 0.2) is 0 Å². The van der Waals surface area contributed by atoms with Gasteiger partial charge in [0.1, 0.15) is 0 Å². The second kappa shape index (κ2) is 6.10. The molecule has 0 aromatic carbocycles. The maximum atomic E-state index is 5.89. The first kappa shape index (κ1) is 12.5. The summed E-state index contributed by atoms with van der Waals surface area (Å²) in [6.07, 6.45) is 2.62. The van der Waals surface area contributed by atoms with E-state index in [1.54, 1.807) is 0 Å². The summed E-state index contributed by atoms with van der Waals surface area (Å²) in [5.41, 5.74) is 7.47. The van der Waals surface area contributed by atoms with E-state index >= 15 is 0 Å². The van der Waals surface area contributed by atoms with Crippen LogP contribution in [0.2, 0.25) is 0 Å². The maximum Gasteiger partial charge on any atom is 0.0891 e. The van der Waals surface area contributed by atoms with Gasteiger partial charge in [-0.15, -0.1) is 0 Å². The largest absolute Gasteiger partial charge is 0.372 e. The van der Waals surface area contributed by atoms with E-state index < -0.39 is 0 Å². The molecular weight excluding hydrogens is 214 g/mol. The molecule has 0 unspecified atom stereocenters. The van der Waals surface area contributed by atoms with Crippen LogP contribution in [0.25, 0.3) is 0 Å². The standard InChI is InChI=1S/C13H21N3O/c1-16-7-5-13(6-8-16)17-10-12-4-2-3-11(9-14)15-12/h2-4,13H,5-10,14H2,1H3. The number of nitrogens with zero attached hydrogens (tertiary/aromatic N) is 2. The van der Waals surface area contributed by atoms with Crippen molar-refractivity contribution in [2.45, 2.75) is 32.1 Å². The van der Waals surface area contributed by atoms with Crippen molar-refractivity contribution in [1.29, 1.82) is 0 Å². The van der Waals surface area contributed by atoms with Gasteiger partial charge in [0, 0.05) is 19.6 Å². The Kier molecular flexibility index (Phi) is 4.48. The topological polar surface area (TPSA) is 51.4 Å². The molecule has 1 fully saturated rings. The minimum atomic E-state index is 0.384. The lowest BCUT2D eigenvalue weighted by Gasteiger charge is -2.28. The molecule has 1 aliphatic rings. The van der Waals surface area contributed by atoms with Crippen LogP contribution < -0.4 is 5.73 Å². The van der Waals surface area contributed by atoms with Crippen LogP contribution in [0.1, 0.15) is 24.2 Å². The average Bonchev–Trinajstić information content (AvgIpc) is 2.38. The van der Waals surface area contributed by atoms with Gasteiger partial charge in [-0.05, 0) is 32.0 Å². The van der Waals surface area contributed by atoms with Gasteiger partial charge in [-0.3, -0.25) is 4.98 Å². The Morgan fingerprint density at radius 3 is 2.76 bits per heavy atom. The minimum absolute atomic E-state index is 0.384. The molecule has 4 nitrogen and oxygen atoms in total. The predicted octanol–water partition coefficient (Wildman–Crippen LogP) is 1.15. The third-order valence-electron chi connectivity index (χ3n) is 3.21. The van der Waals surface area contributed by atoms with Gasteiger partial charge < -0.3 is 15.4 Å². The summed E-state index contributed by atoms with van der Waals surface area (Å²) in [4.78, 5) is 6.77. The second-order valence-electron chi connectivity index (χ2n) is 4.64. The number of hydrogen-bond acceptors (Lipinski definition) is 4. The molecule has 0 atom stereocenters. The summed E-state index contributed by atoms with van der Waals surface area (Å²) in [6.45, 7) is 3.34. The second-order valence-corrected chi connectivity index (χ2v) is 4.64. The van der Waals surface area contributed by atoms with Crippen LogP contribution in [0.3, 0.4) is 0 Å². The Morgan fingerprint density at radius 2 is 2.06 bits per heavy atom. The summed E-state index contributed by atoms with van der Waals surface area (Å²) in [6, 6.07) is 5.93. The number of ether oxygens (including phenoxy) is 1. The Labute approximate surface area is 103 Å². The first-order chi connectivity index (χ1) is 8.28. The van der Waals surface area contributed by atoms with Crippen molar-refractivity contribution >= 4 is 0 Å². The normalized spacial score (nSPS) is 18.5. The average molecular weight is 235 g/mol. The molecule has 17 heavy (non-hydrogen) atoms. The molecule has 0 bridgehead atoms. The molecule has 1 aliphatic heterocycles. The van der Waals surface area contributed by atoms with E-state index in [1.807, 2.05) is 18.2 Å². The molecule has 0 saturated carbocycles. The maximum absolute atomic E-state index is 5.89. The van der Waals surface area contributed by atoms with Crippen molar-refractivity contribution in [3.63, 3.8) is 0 Å². The Bertz CT molecular complexity index is 348. The number of aromatic nitrogens is 1. The molecule has 1 saturated heterocycles. The highest BCUT2D eigenvalue weighted by Gasteiger charge is 2.16. The molecule has 2 N–H and O–H groups in total. The van der Waals surface area contributed by atoms with Gasteiger partial charge in [-0.25, -0.2) is 0 Å². The van der Waals surface area contributed by atoms with Crippen molar-refractivity contribution < 1.29 is 4.74 Å². The molecule has 1 aromatic rings. The van der Waals surface area contributed by atoms with E-state index in [9.17, 15) is 0 Å². The zero-order valence-corrected chi connectivity index (χ0v) is 10.4. The number of rotatable bonds is 4. The minimum Gasteiger partial charge on any atom is -0.372 e. The molecule has 0 radical (unpaired) electrons. The summed E-state index contributed by atoms with van der Waals surface area (Å²) in [5.74, 6) is 0. The van der Waals surface area contributed by atoms with Gasteiger partial charge in [0.2, 0.25) is 0 Å². The smallest absolute Gasteiger partial charge is 0.0891 e. The number of nitrogens with two attached hydrogens (primary N) is 1. The summed E-state index contributed by atoms with van der Waals surface area (Å²) >= 11 is 0. The summed E-state index contributed by atoms with van der Waals surface area (Å²) < 4.78 is 5.89. The third kappa shape index (κ3) is 3.77. The van der Waals surface area contributed by atoms with Gasteiger partial charge in [-0.1, -0.05) is 6.07 Å². The van der Waals surface area contributed by atoms with Gasteiger partial charge in [-0.2, -0.15) is 0 Å². The highest BCUT2D eigenvalue weighted by Crippen LogP contribution is 2.13. The fourth-order valence-electron chi connectivity index (χ4n) is 2.08. The van der Waals surface area contributed by atoms with Crippen LogP contribution >= 0.6 is 0 Å². The molecule has 4 heteroatoms. The molecule has 94 valence electrons. The molecule has 2 heterocycles. The number of pyridine rings is 1. The fraction of sp³-hybridized carbons (Fsp3) is 0.615. The van der Waals surface area contributed by atoms with E-state index in [4.69, 9.17) is 10.5 Å². The van der Waals surface area contributed by atoms with Crippen LogP contribution in [-0.2, 0) is 17.9 Å². The SMILES string of the molecule is CN1CCC(OCc2cccc(CN)n2)CC1. The molecule has 0 spiro atoms. The van der Waals surface area contributed by atoms with Crippen LogP contribution in [-0.4, -0.2) is 36.1 Å². The number of hydrogen-bond donors (Lipinski definition) is 1. The van der Waals surface area contributed by atoms with Gasteiger partial charge in [0.25, 0.3) is 0 Å². The molecule has 2 rings (SSSR count). The van der Waals surface area contributed by atoms with Crippen LogP contribution in [0.15, 0.2) is 18.2 Å². The number of piperidine rings is 1. The van der Waals surface area contributed by atoms with E-state index in [-0.39, 0.29) is 0 Å². The highest BCUT2D eigenvalue weighted by molar-refractivity contribution is 5.10. The van der Waals surface area contributed by atoms with Crippen molar-refractivity contribution in [3.05, 3.63) is 29.6 Å². The lowest BCUT2D eigenvalue weighted by Crippen LogP contribution is -2.34. The number of likely N-dealkylation sites (tertiary alicyclic amines) is 1. The fourth-order valence-corrected chi connectivity index (χ4v) is 2.08. The van der Waals surface area contributed by atoms with E-state index in [0.717, 1.165) is 37.3 Å². The van der Waals surface area contributed by atoms with Crippen molar-refractivity contribution in [1.82, 2.24) is 9.88 Å². The predicted molar refractivity (Wildman–Crippen MR) is 67.4 cm³/mol. The Balaban J connectivity index is 1.81. The molecule has 0 aliphatic carbocycles. The van der Waals surface area contributed by atoms with Crippen LogP contribution in [0, 0.1) is 0 Å². The quantitative estimate of drug-likeness (QED) is 0.850. The Hall–Kier alpha value is -0.970. The van der Waals surface area contributed by atoms with Crippen LogP contribution in [0.5, 0.6) is 0 Å². The van der Waals surface area contributed by atoms with E-state index in [2.05, 4.69) is 16.9 Å². The Morgan fingerprint density at radius 1 is 1.35 bits per heavy atom. The van der Waals surface area contributed by atoms with Gasteiger partial charge >= 0.3 is 0 Å². The summed E-state index contributed by atoms with van der Waals surface area (Å²) in [7, 11) is 2.16. The zero-order chi connectivity index (χ0) is 12.1. The van der Waals surface area contributed by atoms with Crippen molar-refractivity contribution in [2.24, 2.45) is 5.73 Å². The molecule has 1 aromatic heterocycles. The van der Waals surface area contributed by atoms with Gasteiger partial charge in [0.05, 0.1) is 24.1 Å². The third-order valence-corrected chi connectivity index (χ3v) is 3.21. The summed E-state index contributed by atoms with van der Waals surface area (Å²) in [5, 5.41) is 0. The van der Waals surface area contributed by atoms with E-state index in [0.29, 0.717) is 19.3 Å². The lowest BCUT2D eigenvalue weighted by molar-refractivity contribution is 0.000702. The lowest BCUT2D eigenvalue weighted by atomic mass is 10.1. The molecular formula is C13H21N3O. The van der Waals surface area contributed by atoms with Crippen LogP contribution in [0.4, 0.5) is 0 Å². The zero-order valence-electron chi connectivity index (χ0n) is 10.4. The first-order valence-electron chi connectivity index (χ1n) is 6.23.